The van der Waals surface area contributed by atoms with Crippen LogP contribution in [-0.2, 0) is 17.5 Å². The maximum atomic E-state index is 13.3. The number of aromatic nitrogens is 4. The van der Waals surface area contributed by atoms with E-state index in [1.807, 2.05) is 10.8 Å². The fourth-order valence-electron chi connectivity index (χ4n) is 2.78. The molecule has 0 bridgehead atoms. The predicted molar refractivity (Wildman–Crippen MR) is 114 cm³/mol. The Bertz CT molecular complexity index is 1010. The Balaban J connectivity index is 1.56. The molecule has 32 heavy (non-hydrogen) atoms. The normalized spacial score (nSPS) is 11.4. The molecule has 0 saturated heterocycles. The zero-order valence-electron chi connectivity index (χ0n) is 17.3. The monoisotopic (exact) mass is 465 g/mol. The fraction of sp³-hybridized carbons (Fsp3) is 0.333. The number of amides is 1. The van der Waals surface area contributed by atoms with Gasteiger partial charge in [-0.2, -0.15) is 13.2 Å². The number of imidazole rings is 1. The highest BCUT2D eigenvalue weighted by molar-refractivity contribution is 7.99. The fourth-order valence-corrected chi connectivity index (χ4v) is 3.57. The second-order valence-corrected chi connectivity index (χ2v) is 7.81. The van der Waals surface area contributed by atoms with Crippen molar-refractivity contribution in [2.75, 3.05) is 19.4 Å². The lowest BCUT2D eigenvalue weighted by Gasteiger charge is -2.11. The van der Waals surface area contributed by atoms with E-state index in [9.17, 15) is 18.0 Å². The van der Waals surface area contributed by atoms with Gasteiger partial charge in [-0.3, -0.25) is 4.79 Å². The minimum atomic E-state index is -4.61. The average molecular weight is 466 g/mol. The predicted octanol–water partition coefficient (Wildman–Crippen LogP) is 4.06. The number of carbonyl (C=O) groups is 1. The molecule has 170 valence electrons. The van der Waals surface area contributed by atoms with E-state index < -0.39 is 11.9 Å². The van der Waals surface area contributed by atoms with Gasteiger partial charge < -0.3 is 14.6 Å². The number of halogens is 3. The first-order valence-electron chi connectivity index (χ1n) is 9.81. The van der Waals surface area contributed by atoms with E-state index in [0.717, 1.165) is 30.8 Å². The molecule has 3 rings (SSSR count). The highest BCUT2D eigenvalue weighted by Gasteiger charge is 2.33. The Kier molecular flexibility index (Phi) is 8.09. The molecule has 1 N–H and O–H groups in total. The minimum Gasteiger partial charge on any atom is -0.497 e. The quantitative estimate of drug-likeness (QED) is 0.276. The third-order valence-corrected chi connectivity index (χ3v) is 5.27. The SMILES string of the molecule is COc1ccc(-c2cc(C(F)(F)F)nc(SCCC(=O)NCCCn3ccnc3)n2)cc1. The van der Waals surface area contributed by atoms with Crippen LogP contribution in [0.5, 0.6) is 5.75 Å². The molecule has 0 aliphatic heterocycles. The number of methoxy groups -OCH3 is 1. The smallest absolute Gasteiger partial charge is 0.433 e. The van der Waals surface area contributed by atoms with Gasteiger partial charge >= 0.3 is 6.18 Å². The lowest BCUT2D eigenvalue weighted by Crippen LogP contribution is -2.25. The van der Waals surface area contributed by atoms with E-state index in [4.69, 9.17) is 4.74 Å². The molecule has 0 aliphatic rings. The van der Waals surface area contributed by atoms with Gasteiger partial charge in [0.2, 0.25) is 5.91 Å². The highest BCUT2D eigenvalue weighted by atomic mass is 32.2. The summed E-state index contributed by atoms with van der Waals surface area (Å²) in [7, 11) is 1.51. The first-order valence-corrected chi connectivity index (χ1v) is 10.8. The highest BCUT2D eigenvalue weighted by Crippen LogP contribution is 2.32. The number of rotatable bonds is 10. The Morgan fingerprint density at radius 3 is 2.66 bits per heavy atom. The topological polar surface area (TPSA) is 81.9 Å². The van der Waals surface area contributed by atoms with Gasteiger partial charge in [0.15, 0.2) is 5.16 Å². The lowest BCUT2D eigenvalue weighted by molar-refractivity contribution is -0.141. The zero-order valence-corrected chi connectivity index (χ0v) is 18.1. The average Bonchev–Trinajstić information content (AvgIpc) is 3.30. The minimum absolute atomic E-state index is 0.0291. The first-order chi connectivity index (χ1) is 15.3. The molecular formula is C21H22F3N5O2S. The van der Waals surface area contributed by atoms with E-state index in [2.05, 4.69) is 20.3 Å². The largest absolute Gasteiger partial charge is 0.497 e. The summed E-state index contributed by atoms with van der Waals surface area (Å²) in [6.07, 6.45) is 1.52. The van der Waals surface area contributed by atoms with Gasteiger partial charge in [0.25, 0.3) is 0 Å². The van der Waals surface area contributed by atoms with Crippen LogP contribution >= 0.6 is 11.8 Å². The summed E-state index contributed by atoms with van der Waals surface area (Å²) in [5, 5.41) is 2.77. The maximum absolute atomic E-state index is 13.3. The van der Waals surface area contributed by atoms with E-state index in [1.54, 1.807) is 36.8 Å². The third-order valence-electron chi connectivity index (χ3n) is 4.42. The van der Waals surface area contributed by atoms with Crippen molar-refractivity contribution in [2.45, 2.75) is 30.7 Å². The third kappa shape index (κ3) is 6.98. The maximum Gasteiger partial charge on any atom is 0.433 e. The number of benzene rings is 1. The van der Waals surface area contributed by atoms with E-state index >= 15 is 0 Å². The van der Waals surface area contributed by atoms with Crippen molar-refractivity contribution in [1.29, 1.82) is 0 Å². The van der Waals surface area contributed by atoms with Crippen LogP contribution in [0.1, 0.15) is 18.5 Å². The van der Waals surface area contributed by atoms with Crippen LogP contribution in [0.2, 0.25) is 0 Å². The Morgan fingerprint density at radius 2 is 2.00 bits per heavy atom. The molecule has 0 unspecified atom stereocenters. The van der Waals surface area contributed by atoms with Crippen molar-refractivity contribution in [2.24, 2.45) is 0 Å². The van der Waals surface area contributed by atoms with Crippen molar-refractivity contribution >= 4 is 17.7 Å². The van der Waals surface area contributed by atoms with E-state index in [0.29, 0.717) is 17.9 Å². The summed E-state index contributed by atoms with van der Waals surface area (Å²) >= 11 is 1.01. The van der Waals surface area contributed by atoms with Gasteiger partial charge in [-0.05, 0) is 36.8 Å². The molecule has 1 aromatic carbocycles. The summed E-state index contributed by atoms with van der Waals surface area (Å²) < 4.78 is 46.9. The van der Waals surface area contributed by atoms with Crippen LogP contribution in [0.3, 0.4) is 0 Å². The van der Waals surface area contributed by atoms with Gasteiger partial charge in [0, 0.05) is 43.2 Å². The van der Waals surface area contributed by atoms with Crippen LogP contribution < -0.4 is 10.1 Å². The van der Waals surface area contributed by atoms with Gasteiger partial charge in [-0.1, -0.05) is 11.8 Å². The lowest BCUT2D eigenvalue weighted by atomic mass is 10.1. The van der Waals surface area contributed by atoms with Crippen LogP contribution in [0.4, 0.5) is 13.2 Å². The molecule has 11 heteroatoms. The van der Waals surface area contributed by atoms with Crippen LogP contribution in [-0.4, -0.2) is 44.8 Å². The molecular weight excluding hydrogens is 443 g/mol. The molecule has 0 fully saturated rings. The molecule has 2 heterocycles. The van der Waals surface area contributed by atoms with E-state index in [1.165, 1.54) is 7.11 Å². The van der Waals surface area contributed by atoms with Crippen molar-refractivity contribution in [3.63, 3.8) is 0 Å². The molecule has 0 atom stereocenters. The second kappa shape index (κ2) is 11.0. The van der Waals surface area contributed by atoms with Gasteiger partial charge in [0.05, 0.1) is 19.1 Å². The molecule has 0 aliphatic carbocycles. The summed E-state index contributed by atoms with van der Waals surface area (Å²) in [5.74, 6) is 0.673. The van der Waals surface area contributed by atoms with Crippen LogP contribution in [0.25, 0.3) is 11.3 Å². The molecule has 3 aromatic rings. The zero-order chi connectivity index (χ0) is 23.0. The molecule has 0 spiro atoms. The van der Waals surface area contributed by atoms with Crippen LogP contribution in [0.15, 0.2) is 54.2 Å². The number of alkyl halides is 3. The number of ether oxygens (including phenoxy) is 1. The number of aryl methyl sites for hydroxylation is 1. The van der Waals surface area contributed by atoms with Gasteiger partial charge in [-0.15, -0.1) is 0 Å². The summed E-state index contributed by atoms with van der Waals surface area (Å²) in [4.78, 5) is 23.8. The number of nitrogens with zero attached hydrogens (tertiary/aromatic N) is 4. The van der Waals surface area contributed by atoms with Crippen LogP contribution in [0, 0.1) is 0 Å². The van der Waals surface area contributed by atoms with Crippen molar-refractivity contribution < 1.29 is 22.7 Å². The van der Waals surface area contributed by atoms with Crippen molar-refractivity contribution in [3.05, 3.63) is 54.7 Å². The van der Waals surface area contributed by atoms with Crippen molar-refractivity contribution in [1.82, 2.24) is 24.8 Å². The molecule has 0 saturated carbocycles. The molecule has 2 aromatic heterocycles. The molecule has 0 radical (unpaired) electrons. The Morgan fingerprint density at radius 1 is 1.22 bits per heavy atom. The summed E-state index contributed by atoms with van der Waals surface area (Å²) in [6.45, 7) is 1.24. The number of carbonyl (C=O) groups excluding carboxylic acids is 1. The second-order valence-electron chi connectivity index (χ2n) is 6.75. The standard InChI is InChI=1S/C21H22F3N5O2S/c1-31-16-5-3-15(4-6-16)17-13-18(21(22,23)24)28-20(27-17)32-12-7-19(30)26-8-2-10-29-11-9-25-14-29/h3-6,9,11,13-14H,2,7-8,10,12H2,1H3,(H,26,30). The Labute approximate surface area is 187 Å². The molecule has 1 amide bonds. The van der Waals surface area contributed by atoms with Gasteiger partial charge in [-0.25, -0.2) is 15.0 Å². The van der Waals surface area contributed by atoms with Crippen molar-refractivity contribution in [3.8, 4) is 17.0 Å². The Hall–Kier alpha value is -3.08. The van der Waals surface area contributed by atoms with E-state index in [-0.39, 0.29) is 28.9 Å². The van der Waals surface area contributed by atoms with Gasteiger partial charge in [0.1, 0.15) is 11.4 Å². The number of thioether (sulfide) groups is 1. The number of nitrogens with one attached hydrogen (secondary N) is 1. The number of hydrogen-bond acceptors (Lipinski definition) is 6. The number of hydrogen-bond donors (Lipinski definition) is 1. The summed E-state index contributed by atoms with van der Waals surface area (Å²) in [5.41, 5.74) is -0.359. The summed E-state index contributed by atoms with van der Waals surface area (Å²) in [6, 6.07) is 7.47. The first kappa shape index (κ1) is 23.6. The molecule has 7 nitrogen and oxygen atoms in total.